The van der Waals surface area contributed by atoms with E-state index in [4.69, 9.17) is 0 Å². The van der Waals surface area contributed by atoms with Crippen LogP contribution in [0.4, 0.5) is 11.5 Å². The lowest BCUT2D eigenvalue weighted by atomic mass is 9.83. The Bertz CT molecular complexity index is 470. The van der Waals surface area contributed by atoms with Gasteiger partial charge in [-0.15, -0.1) is 0 Å². The molecule has 6 nitrogen and oxygen atoms in total. The molecule has 0 bridgehead atoms. The Morgan fingerprint density at radius 3 is 3.00 bits per heavy atom. The first-order valence-electron chi connectivity index (χ1n) is 6.57. The average molecular weight is 264 g/mol. The van der Waals surface area contributed by atoms with Gasteiger partial charge in [0.05, 0.1) is 4.92 Å². The molecule has 1 aromatic heterocycles. The first-order chi connectivity index (χ1) is 9.00. The summed E-state index contributed by atoms with van der Waals surface area (Å²) in [4.78, 5) is 14.8. The van der Waals surface area contributed by atoms with Crippen molar-refractivity contribution in [1.29, 1.82) is 0 Å². The molecule has 0 saturated carbocycles. The first-order valence-corrected chi connectivity index (χ1v) is 6.57. The highest BCUT2D eigenvalue weighted by molar-refractivity contribution is 5.56. The molecular weight excluding hydrogens is 244 g/mol. The van der Waals surface area contributed by atoms with Crippen LogP contribution in [-0.4, -0.2) is 29.5 Å². The highest BCUT2D eigenvalue weighted by Crippen LogP contribution is 2.28. The molecule has 0 aromatic carbocycles. The van der Waals surface area contributed by atoms with E-state index in [9.17, 15) is 10.1 Å². The van der Waals surface area contributed by atoms with Crippen LogP contribution in [-0.2, 0) is 0 Å². The maximum atomic E-state index is 11.0. The number of aromatic nitrogens is 1. The van der Waals surface area contributed by atoms with Gasteiger partial charge in [-0.25, -0.2) is 4.98 Å². The van der Waals surface area contributed by atoms with Gasteiger partial charge in [0.25, 0.3) is 0 Å². The van der Waals surface area contributed by atoms with E-state index in [1.807, 2.05) is 6.92 Å². The molecule has 19 heavy (non-hydrogen) atoms. The lowest BCUT2D eigenvalue weighted by Crippen LogP contribution is -2.42. The summed E-state index contributed by atoms with van der Waals surface area (Å²) in [5.74, 6) is 0.372. The van der Waals surface area contributed by atoms with E-state index in [0.717, 1.165) is 31.6 Å². The molecule has 0 aliphatic carbocycles. The molecule has 0 radical (unpaired) electrons. The summed E-state index contributed by atoms with van der Waals surface area (Å²) in [6.07, 6.45) is 2.26. The topological polar surface area (TPSA) is 80.1 Å². The van der Waals surface area contributed by atoms with Gasteiger partial charge in [0, 0.05) is 24.8 Å². The summed E-state index contributed by atoms with van der Waals surface area (Å²) in [6.45, 7) is 6.70. The van der Waals surface area contributed by atoms with Crippen molar-refractivity contribution in [2.75, 3.05) is 25.0 Å². The van der Waals surface area contributed by atoms with Crippen molar-refractivity contribution in [2.45, 2.75) is 26.7 Å². The average Bonchev–Trinajstić information content (AvgIpc) is 2.37. The second-order valence-electron chi connectivity index (χ2n) is 5.52. The van der Waals surface area contributed by atoms with Crippen LogP contribution >= 0.6 is 0 Å². The van der Waals surface area contributed by atoms with Gasteiger partial charge >= 0.3 is 5.69 Å². The molecule has 1 atom stereocenters. The van der Waals surface area contributed by atoms with Crippen LogP contribution < -0.4 is 10.6 Å². The van der Waals surface area contributed by atoms with Crippen LogP contribution in [0.15, 0.2) is 12.1 Å². The van der Waals surface area contributed by atoms with Gasteiger partial charge in [0.2, 0.25) is 5.82 Å². The maximum Gasteiger partial charge on any atom is 0.311 e. The Morgan fingerprint density at radius 1 is 1.58 bits per heavy atom. The number of rotatable bonds is 4. The van der Waals surface area contributed by atoms with Crippen molar-refractivity contribution in [3.8, 4) is 0 Å². The second-order valence-corrected chi connectivity index (χ2v) is 5.52. The molecule has 1 saturated heterocycles. The summed E-state index contributed by atoms with van der Waals surface area (Å²) in [7, 11) is 0. The number of nitrogens with one attached hydrogen (secondary N) is 2. The minimum absolute atomic E-state index is 0.0398. The van der Waals surface area contributed by atoms with E-state index in [2.05, 4.69) is 22.5 Å². The fourth-order valence-corrected chi connectivity index (χ4v) is 2.39. The lowest BCUT2D eigenvalue weighted by Gasteiger charge is -2.34. The number of piperidine rings is 1. The molecule has 1 fully saturated rings. The molecular formula is C13H20N4O2. The Hall–Kier alpha value is -1.69. The fraction of sp³-hybridized carbons (Fsp3) is 0.615. The summed E-state index contributed by atoms with van der Waals surface area (Å²) >= 11 is 0. The van der Waals surface area contributed by atoms with Crippen LogP contribution in [0.25, 0.3) is 0 Å². The highest BCUT2D eigenvalue weighted by atomic mass is 16.6. The van der Waals surface area contributed by atoms with Crippen molar-refractivity contribution in [3.63, 3.8) is 0 Å². The van der Waals surface area contributed by atoms with Gasteiger partial charge in [0.1, 0.15) is 0 Å². The quantitative estimate of drug-likeness (QED) is 0.643. The summed E-state index contributed by atoms with van der Waals surface area (Å²) in [6, 6.07) is 3.17. The zero-order chi connectivity index (χ0) is 13.9. The van der Waals surface area contributed by atoms with Crippen molar-refractivity contribution in [1.82, 2.24) is 10.3 Å². The van der Waals surface area contributed by atoms with Gasteiger partial charge in [-0.05, 0) is 37.8 Å². The summed E-state index contributed by atoms with van der Waals surface area (Å²) < 4.78 is 0. The lowest BCUT2D eigenvalue weighted by molar-refractivity contribution is -0.384. The Balaban J connectivity index is 2.10. The van der Waals surface area contributed by atoms with Crippen molar-refractivity contribution >= 4 is 11.5 Å². The number of anilines is 1. The number of hydrogen-bond donors (Lipinski definition) is 2. The Labute approximate surface area is 112 Å². The van der Waals surface area contributed by atoms with Crippen LogP contribution in [0.5, 0.6) is 0 Å². The molecule has 0 spiro atoms. The molecule has 0 amide bonds. The molecule has 6 heteroatoms. The SMILES string of the molecule is Cc1ccc([N+](=O)[O-])c(NCC2(C)CCCNC2)n1. The third kappa shape index (κ3) is 3.41. The van der Waals surface area contributed by atoms with Crippen LogP contribution in [0.2, 0.25) is 0 Å². The van der Waals surface area contributed by atoms with E-state index in [0.29, 0.717) is 12.4 Å². The molecule has 104 valence electrons. The third-order valence-electron chi connectivity index (χ3n) is 3.58. The predicted octanol–water partition coefficient (Wildman–Crippen LogP) is 2.10. The zero-order valence-electron chi connectivity index (χ0n) is 11.4. The highest BCUT2D eigenvalue weighted by Gasteiger charge is 2.27. The molecule has 2 N–H and O–H groups in total. The number of nitro groups is 1. The van der Waals surface area contributed by atoms with Crippen molar-refractivity contribution in [3.05, 3.63) is 27.9 Å². The molecule has 2 heterocycles. The standard InChI is InChI=1S/C13H20N4O2/c1-10-4-5-11(17(18)19)12(16-10)15-9-13(2)6-3-7-14-8-13/h4-5,14H,3,6-9H2,1-2H3,(H,15,16). The van der Waals surface area contributed by atoms with Crippen LogP contribution in [0, 0.1) is 22.5 Å². The number of pyridine rings is 1. The smallest absolute Gasteiger partial charge is 0.311 e. The second kappa shape index (κ2) is 5.52. The Morgan fingerprint density at radius 2 is 2.37 bits per heavy atom. The van der Waals surface area contributed by atoms with E-state index in [1.165, 1.54) is 6.07 Å². The van der Waals surface area contributed by atoms with Crippen LogP contribution in [0.3, 0.4) is 0 Å². The molecule has 1 aliphatic rings. The van der Waals surface area contributed by atoms with E-state index in [1.54, 1.807) is 6.07 Å². The summed E-state index contributed by atoms with van der Waals surface area (Å²) in [5.41, 5.74) is 0.940. The van der Waals surface area contributed by atoms with Crippen LogP contribution in [0.1, 0.15) is 25.5 Å². The Kier molecular flexibility index (Phi) is 3.99. The van der Waals surface area contributed by atoms with Crippen molar-refractivity contribution in [2.24, 2.45) is 5.41 Å². The van der Waals surface area contributed by atoms with Gasteiger partial charge in [-0.2, -0.15) is 0 Å². The number of nitrogens with zero attached hydrogens (tertiary/aromatic N) is 2. The molecule has 1 aliphatic heterocycles. The van der Waals surface area contributed by atoms with Gasteiger partial charge in [-0.1, -0.05) is 6.92 Å². The van der Waals surface area contributed by atoms with Crippen molar-refractivity contribution < 1.29 is 4.92 Å². The minimum Gasteiger partial charge on any atom is -0.364 e. The van der Waals surface area contributed by atoms with Gasteiger partial charge in [0.15, 0.2) is 0 Å². The maximum absolute atomic E-state index is 11.0. The van der Waals surface area contributed by atoms with E-state index in [-0.39, 0.29) is 11.1 Å². The monoisotopic (exact) mass is 264 g/mol. The molecule has 1 aromatic rings. The fourth-order valence-electron chi connectivity index (χ4n) is 2.39. The zero-order valence-corrected chi connectivity index (χ0v) is 11.4. The van der Waals surface area contributed by atoms with E-state index < -0.39 is 4.92 Å². The first kappa shape index (κ1) is 13.7. The van der Waals surface area contributed by atoms with Gasteiger partial charge < -0.3 is 10.6 Å². The number of aryl methyl sites for hydroxylation is 1. The molecule has 1 unspecified atom stereocenters. The van der Waals surface area contributed by atoms with Gasteiger partial charge in [-0.3, -0.25) is 10.1 Å². The normalized spacial score (nSPS) is 23.1. The number of hydrogen-bond acceptors (Lipinski definition) is 5. The largest absolute Gasteiger partial charge is 0.364 e. The molecule has 2 rings (SSSR count). The summed E-state index contributed by atoms with van der Waals surface area (Å²) in [5, 5.41) is 17.5. The third-order valence-corrected chi connectivity index (χ3v) is 3.58. The predicted molar refractivity (Wildman–Crippen MR) is 74.3 cm³/mol. The minimum atomic E-state index is -0.393. The van der Waals surface area contributed by atoms with E-state index >= 15 is 0 Å².